The highest BCUT2D eigenvalue weighted by Gasteiger charge is 2.52. The lowest BCUT2D eigenvalue weighted by molar-refractivity contribution is 0.00578. The fourth-order valence-corrected chi connectivity index (χ4v) is 9.20. The van der Waals surface area contributed by atoms with Gasteiger partial charge in [-0.2, -0.15) is 0 Å². The molecule has 0 radical (unpaired) electrons. The first-order chi connectivity index (χ1) is 14.6. The Hall–Kier alpha value is -1.33. The molecule has 5 heteroatoms. The normalized spacial score (nSPS) is 18.7. The molecule has 1 saturated heterocycles. The second-order valence-corrected chi connectivity index (χ2v) is 14.7. The summed E-state index contributed by atoms with van der Waals surface area (Å²) >= 11 is 6.17. The predicted molar refractivity (Wildman–Crippen MR) is 137 cm³/mol. The molecule has 1 atom stereocenters. The Morgan fingerprint density at radius 1 is 0.935 bits per heavy atom. The Kier molecular flexibility index (Phi) is 7.58. The molecule has 1 heterocycles. The topological polar surface area (TPSA) is 18.5 Å². The van der Waals surface area contributed by atoms with Crippen molar-refractivity contribution in [2.24, 2.45) is 0 Å². The summed E-state index contributed by atoms with van der Waals surface area (Å²) in [7, 11) is -2.45. The molecule has 31 heavy (non-hydrogen) atoms. The molecule has 166 valence electrons. The molecule has 0 spiro atoms. The molecule has 1 fully saturated rings. The van der Waals surface area contributed by atoms with Crippen LogP contribution < -0.4 is 10.4 Å². The lowest BCUT2D eigenvalue weighted by Gasteiger charge is -2.38. The van der Waals surface area contributed by atoms with E-state index in [0.29, 0.717) is 11.4 Å². The standard InChI is InChI=1S/C26H36BClO2Si/c1-21(27-29-25(2,3)26(4,5)30-27)20-24(18-13-19-28)31(6,22-14-9-7-10-15-22)23-16-11-8-12-17-23/h7-12,14-17,24H,1,13,18-20H2,2-6H3. The van der Waals surface area contributed by atoms with Crippen molar-refractivity contribution in [3.05, 3.63) is 72.7 Å². The van der Waals surface area contributed by atoms with E-state index in [9.17, 15) is 0 Å². The Bertz CT molecular complexity index is 814. The van der Waals surface area contributed by atoms with Crippen LogP contribution in [0, 0.1) is 0 Å². The van der Waals surface area contributed by atoms with Crippen molar-refractivity contribution in [1.82, 2.24) is 0 Å². The maximum absolute atomic E-state index is 6.32. The quantitative estimate of drug-likeness (QED) is 0.350. The van der Waals surface area contributed by atoms with Crippen molar-refractivity contribution in [2.75, 3.05) is 5.88 Å². The zero-order chi connectivity index (χ0) is 22.7. The molecule has 0 N–H and O–H groups in total. The summed E-state index contributed by atoms with van der Waals surface area (Å²) < 4.78 is 12.6. The first-order valence-corrected chi connectivity index (χ1v) is 14.4. The molecule has 2 aromatic rings. The van der Waals surface area contributed by atoms with Crippen LogP contribution >= 0.6 is 11.6 Å². The lowest BCUT2D eigenvalue weighted by Crippen LogP contribution is -2.59. The van der Waals surface area contributed by atoms with Gasteiger partial charge in [0, 0.05) is 5.88 Å². The Labute approximate surface area is 195 Å². The third-order valence-corrected chi connectivity index (χ3v) is 12.8. The monoisotopic (exact) mass is 454 g/mol. The van der Waals surface area contributed by atoms with Crippen molar-refractivity contribution in [1.29, 1.82) is 0 Å². The van der Waals surface area contributed by atoms with Crippen molar-refractivity contribution in [2.45, 2.75) is 70.2 Å². The highest BCUT2D eigenvalue weighted by atomic mass is 35.5. The minimum atomic E-state index is -2.08. The van der Waals surface area contributed by atoms with Crippen LogP contribution in [0.15, 0.2) is 72.7 Å². The van der Waals surface area contributed by atoms with Gasteiger partial charge in [0.25, 0.3) is 0 Å². The number of hydrogen-bond acceptors (Lipinski definition) is 2. The Morgan fingerprint density at radius 3 is 1.81 bits per heavy atom. The third-order valence-electron chi connectivity index (χ3n) is 7.34. The van der Waals surface area contributed by atoms with Gasteiger partial charge in [-0.25, -0.2) is 0 Å². The molecular weight excluding hydrogens is 419 g/mol. The molecule has 0 aliphatic carbocycles. The molecule has 0 saturated carbocycles. The van der Waals surface area contributed by atoms with E-state index in [2.05, 4.69) is 101 Å². The molecule has 2 nitrogen and oxygen atoms in total. The smallest absolute Gasteiger partial charge is 0.400 e. The molecule has 2 aromatic carbocycles. The summed E-state index contributed by atoms with van der Waals surface area (Å²) in [5.74, 6) is 0.674. The van der Waals surface area contributed by atoms with Gasteiger partial charge in [0.2, 0.25) is 0 Å². The molecule has 3 rings (SSSR count). The first kappa shape index (κ1) is 24.3. The summed E-state index contributed by atoms with van der Waals surface area (Å²) in [6.45, 7) is 15.3. The van der Waals surface area contributed by atoms with E-state index in [1.54, 1.807) is 0 Å². The highest BCUT2D eigenvalue weighted by Crippen LogP contribution is 2.41. The van der Waals surface area contributed by atoms with Crippen molar-refractivity contribution in [3.8, 4) is 0 Å². The van der Waals surface area contributed by atoms with Crippen LogP contribution in [-0.4, -0.2) is 32.3 Å². The van der Waals surface area contributed by atoms with Crippen molar-refractivity contribution in [3.63, 3.8) is 0 Å². The van der Waals surface area contributed by atoms with E-state index in [4.69, 9.17) is 20.9 Å². The number of halogens is 1. The third kappa shape index (κ3) is 5.03. The SMILES string of the molecule is C=C(CC(CCCCl)[Si](C)(c1ccccc1)c1ccccc1)B1OC(C)(C)C(C)(C)O1. The van der Waals surface area contributed by atoms with Gasteiger partial charge in [-0.15, -0.1) is 18.2 Å². The zero-order valence-electron chi connectivity index (χ0n) is 19.7. The number of allylic oxidation sites excluding steroid dienone is 1. The molecular formula is C26H36BClO2Si. The lowest BCUT2D eigenvalue weighted by atomic mass is 9.76. The molecule has 0 bridgehead atoms. The van der Waals surface area contributed by atoms with Crippen LogP contribution in [0.5, 0.6) is 0 Å². The van der Waals surface area contributed by atoms with Gasteiger partial charge in [0.15, 0.2) is 0 Å². The minimum absolute atomic E-state index is 0.355. The molecule has 1 unspecified atom stereocenters. The van der Waals surface area contributed by atoms with Gasteiger partial charge in [-0.05, 0) is 51.6 Å². The summed E-state index contributed by atoms with van der Waals surface area (Å²) in [5, 5.41) is 2.89. The average Bonchev–Trinajstić information content (AvgIpc) is 2.98. The second kappa shape index (κ2) is 9.66. The molecule has 1 aliphatic heterocycles. The average molecular weight is 455 g/mol. The van der Waals surface area contributed by atoms with Crippen LogP contribution in [-0.2, 0) is 9.31 Å². The van der Waals surface area contributed by atoms with Crippen molar-refractivity contribution >= 4 is 37.2 Å². The van der Waals surface area contributed by atoms with E-state index in [1.165, 1.54) is 10.4 Å². The summed E-state index contributed by atoms with van der Waals surface area (Å²) in [5.41, 5.74) is 0.767. The fourth-order valence-electron chi connectivity index (χ4n) is 4.55. The fraction of sp³-hybridized carbons (Fsp3) is 0.462. The summed E-state index contributed by atoms with van der Waals surface area (Å²) in [6.07, 6.45) is 2.93. The number of hydrogen-bond donors (Lipinski definition) is 0. The van der Waals surface area contributed by atoms with E-state index < -0.39 is 8.07 Å². The first-order valence-electron chi connectivity index (χ1n) is 11.3. The van der Waals surface area contributed by atoms with Crippen molar-refractivity contribution < 1.29 is 9.31 Å². The zero-order valence-corrected chi connectivity index (χ0v) is 21.4. The van der Waals surface area contributed by atoms with Gasteiger partial charge >= 0.3 is 7.12 Å². The van der Waals surface area contributed by atoms with Gasteiger partial charge in [0.1, 0.15) is 8.07 Å². The van der Waals surface area contributed by atoms with Crippen LogP contribution in [0.4, 0.5) is 0 Å². The van der Waals surface area contributed by atoms with E-state index in [-0.39, 0.29) is 18.3 Å². The van der Waals surface area contributed by atoms with E-state index in [1.807, 2.05) is 0 Å². The van der Waals surface area contributed by atoms with Gasteiger partial charge in [-0.3, -0.25) is 0 Å². The van der Waals surface area contributed by atoms with Gasteiger partial charge in [-0.1, -0.05) is 84.0 Å². The predicted octanol–water partition coefficient (Wildman–Crippen LogP) is 5.85. The maximum atomic E-state index is 6.32. The number of alkyl halides is 1. The summed E-state index contributed by atoms with van der Waals surface area (Å²) in [6, 6.07) is 22.0. The van der Waals surface area contributed by atoms with Crippen LogP contribution in [0.25, 0.3) is 0 Å². The largest absolute Gasteiger partial charge is 0.489 e. The van der Waals surface area contributed by atoms with Crippen LogP contribution in [0.3, 0.4) is 0 Å². The van der Waals surface area contributed by atoms with E-state index in [0.717, 1.165) is 24.7 Å². The maximum Gasteiger partial charge on any atom is 0.489 e. The second-order valence-electron chi connectivity index (χ2n) is 9.91. The summed E-state index contributed by atoms with van der Waals surface area (Å²) in [4.78, 5) is 0. The van der Waals surface area contributed by atoms with Gasteiger partial charge in [0.05, 0.1) is 11.2 Å². The molecule has 1 aliphatic rings. The Morgan fingerprint density at radius 2 is 1.39 bits per heavy atom. The Balaban J connectivity index is 1.96. The number of benzene rings is 2. The number of rotatable bonds is 9. The van der Waals surface area contributed by atoms with Gasteiger partial charge < -0.3 is 9.31 Å². The van der Waals surface area contributed by atoms with Crippen LogP contribution in [0.1, 0.15) is 47.0 Å². The molecule has 0 aromatic heterocycles. The minimum Gasteiger partial charge on any atom is -0.400 e. The highest BCUT2D eigenvalue weighted by molar-refractivity contribution is 7.02. The molecule has 0 amide bonds. The van der Waals surface area contributed by atoms with Crippen LogP contribution in [0.2, 0.25) is 12.1 Å². The van der Waals surface area contributed by atoms with E-state index >= 15 is 0 Å².